The highest BCUT2D eigenvalue weighted by Crippen LogP contribution is 2.20. The first-order valence-corrected chi connectivity index (χ1v) is 6.22. The van der Waals surface area contributed by atoms with Gasteiger partial charge in [-0.2, -0.15) is 0 Å². The Morgan fingerprint density at radius 1 is 1.15 bits per heavy atom. The van der Waals surface area contributed by atoms with E-state index in [1.165, 1.54) is 16.7 Å². The van der Waals surface area contributed by atoms with Gasteiger partial charge in [0.15, 0.2) is 0 Å². The van der Waals surface area contributed by atoms with E-state index in [1.54, 1.807) is 5.19 Å². The molecule has 1 aromatic carbocycles. The topological polar surface area (TPSA) is 0 Å². The van der Waals surface area contributed by atoms with Crippen LogP contribution in [-0.4, -0.2) is 9.52 Å². The Hall–Kier alpha value is -1.08. The van der Waals surface area contributed by atoms with Crippen molar-refractivity contribution in [2.24, 2.45) is 0 Å². The van der Waals surface area contributed by atoms with Crippen LogP contribution in [0.3, 0.4) is 0 Å². The minimum absolute atomic E-state index is 0.158. The first-order chi connectivity index (χ1) is 6.25. The van der Waals surface area contributed by atoms with E-state index in [4.69, 9.17) is 0 Å². The molecular formula is C12H14Si. The summed E-state index contributed by atoms with van der Waals surface area (Å²) in [6.45, 7) is 4.35. The van der Waals surface area contributed by atoms with Gasteiger partial charge in [-0.15, -0.1) is 0 Å². The summed E-state index contributed by atoms with van der Waals surface area (Å²) >= 11 is 0. The fraction of sp³-hybridized carbons (Fsp3) is 0.167. The molecule has 1 heteroatoms. The Balaban J connectivity index is 2.16. The van der Waals surface area contributed by atoms with Crippen LogP contribution in [0.2, 0.25) is 0 Å². The summed E-state index contributed by atoms with van der Waals surface area (Å²) in [5.74, 6) is 0. The number of fused-ring (bicyclic) bond motifs is 1. The lowest BCUT2D eigenvalue weighted by Gasteiger charge is -2.10. The first-order valence-electron chi connectivity index (χ1n) is 4.70. The molecule has 0 bridgehead atoms. The van der Waals surface area contributed by atoms with Crippen molar-refractivity contribution in [3.63, 3.8) is 0 Å². The summed E-state index contributed by atoms with van der Waals surface area (Å²) in [6, 6.07) is 6.84. The van der Waals surface area contributed by atoms with Crippen LogP contribution in [0.1, 0.15) is 25.0 Å². The fourth-order valence-corrected chi connectivity index (χ4v) is 2.69. The fourth-order valence-electron chi connectivity index (χ4n) is 1.45. The molecule has 13 heavy (non-hydrogen) atoms. The Labute approximate surface area is 81.8 Å². The predicted octanol–water partition coefficient (Wildman–Crippen LogP) is 1.89. The molecule has 0 fully saturated rings. The van der Waals surface area contributed by atoms with Gasteiger partial charge in [-0.3, -0.25) is 0 Å². The summed E-state index contributed by atoms with van der Waals surface area (Å²) in [5.41, 5.74) is 6.68. The second-order valence-electron chi connectivity index (χ2n) is 3.78. The van der Waals surface area contributed by atoms with E-state index in [-0.39, 0.29) is 9.52 Å². The quantitative estimate of drug-likeness (QED) is 0.628. The van der Waals surface area contributed by atoms with Crippen LogP contribution in [0.15, 0.2) is 29.5 Å². The molecule has 0 saturated heterocycles. The maximum absolute atomic E-state index is 2.41. The average Bonchev–Trinajstić information content (AvgIpc) is 2.05. The smallest absolute Gasteiger partial charge is 0.0782 e. The van der Waals surface area contributed by atoms with Crippen molar-refractivity contribution in [1.29, 1.82) is 0 Å². The number of allylic oxidation sites excluding steroid dienone is 1. The van der Waals surface area contributed by atoms with Gasteiger partial charge in [-0.25, -0.2) is 0 Å². The molecule has 0 atom stereocenters. The summed E-state index contributed by atoms with van der Waals surface area (Å²) < 4.78 is 0. The molecule has 0 radical (unpaired) electrons. The number of benzene rings is 1. The average molecular weight is 186 g/mol. The molecule has 1 aliphatic carbocycles. The summed E-state index contributed by atoms with van der Waals surface area (Å²) in [6.07, 6.45) is 4.36. The van der Waals surface area contributed by atoms with E-state index in [1.807, 2.05) is 0 Å². The van der Waals surface area contributed by atoms with Crippen LogP contribution in [0.4, 0.5) is 0 Å². The van der Waals surface area contributed by atoms with Gasteiger partial charge in [0.1, 0.15) is 0 Å². The zero-order valence-electron chi connectivity index (χ0n) is 8.17. The van der Waals surface area contributed by atoms with E-state index in [0.29, 0.717) is 0 Å². The normalized spacial score (nSPS) is 12.8. The summed E-state index contributed by atoms with van der Waals surface area (Å²) in [7, 11) is -0.158. The lowest BCUT2D eigenvalue weighted by Crippen LogP contribution is -2.13. The zero-order valence-corrected chi connectivity index (χ0v) is 9.59. The van der Waals surface area contributed by atoms with Crippen LogP contribution in [0.25, 0.3) is 12.2 Å². The number of rotatable bonds is 2. The van der Waals surface area contributed by atoms with Crippen molar-refractivity contribution in [3.8, 4) is 0 Å². The highest BCUT2D eigenvalue weighted by atomic mass is 28.2. The van der Waals surface area contributed by atoms with Crippen LogP contribution < -0.4 is 5.19 Å². The van der Waals surface area contributed by atoms with Crippen molar-refractivity contribution in [1.82, 2.24) is 0 Å². The third kappa shape index (κ3) is 1.81. The minimum Gasteiger partial charge on any atom is -0.0975 e. The molecule has 0 aromatic heterocycles. The maximum atomic E-state index is 2.41. The van der Waals surface area contributed by atoms with Crippen molar-refractivity contribution in [3.05, 3.63) is 40.6 Å². The summed E-state index contributed by atoms with van der Waals surface area (Å²) in [5, 5.41) is 1.55. The largest absolute Gasteiger partial charge is 0.0975 e. The van der Waals surface area contributed by atoms with E-state index < -0.39 is 0 Å². The van der Waals surface area contributed by atoms with E-state index in [2.05, 4.69) is 49.9 Å². The highest BCUT2D eigenvalue weighted by Gasteiger charge is 2.04. The van der Waals surface area contributed by atoms with Crippen molar-refractivity contribution < 1.29 is 0 Å². The molecular weight excluding hydrogens is 172 g/mol. The van der Waals surface area contributed by atoms with Crippen molar-refractivity contribution in [2.75, 3.05) is 0 Å². The molecule has 0 saturated carbocycles. The Kier molecular flexibility index (Phi) is 2.19. The van der Waals surface area contributed by atoms with Crippen molar-refractivity contribution >= 4 is 26.9 Å². The Morgan fingerprint density at radius 3 is 2.46 bits per heavy atom. The van der Waals surface area contributed by atoms with Crippen LogP contribution in [0, 0.1) is 0 Å². The zero-order chi connectivity index (χ0) is 9.26. The van der Waals surface area contributed by atoms with Crippen LogP contribution in [-0.2, 0) is 0 Å². The third-order valence-electron chi connectivity index (χ3n) is 2.34. The first kappa shape index (κ1) is 8.51. The molecule has 0 aliphatic heterocycles. The van der Waals surface area contributed by atoms with Gasteiger partial charge >= 0.3 is 0 Å². The van der Waals surface area contributed by atoms with E-state index >= 15 is 0 Å². The number of hydrogen-bond acceptors (Lipinski definition) is 0. The summed E-state index contributed by atoms with van der Waals surface area (Å²) in [4.78, 5) is 0. The van der Waals surface area contributed by atoms with Gasteiger partial charge < -0.3 is 0 Å². The second-order valence-corrected chi connectivity index (χ2v) is 5.42. The maximum Gasteiger partial charge on any atom is 0.0782 e. The molecule has 0 spiro atoms. The van der Waals surface area contributed by atoms with Gasteiger partial charge in [0, 0.05) is 0 Å². The van der Waals surface area contributed by atoms with E-state index in [9.17, 15) is 0 Å². The molecule has 1 aromatic rings. The molecule has 0 nitrogen and oxygen atoms in total. The Morgan fingerprint density at radius 2 is 1.92 bits per heavy atom. The number of hydrogen-bond donors (Lipinski definition) is 0. The van der Waals surface area contributed by atoms with Gasteiger partial charge in [0.25, 0.3) is 0 Å². The molecule has 0 heterocycles. The molecule has 0 amide bonds. The standard InChI is InChI=1S/C12H14Si/c1-9(2)8-13-12-6-5-10-3-4-11(10)7-12/h3-8H,13H2,1-2H3. The predicted molar refractivity (Wildman–Crippen MR) is 63.0 cm³/mol. The van der Waals surface area contributed by atoms with Crippen molar-refractivity contribution in [2.45, 2.75) is 13.8 Å². The van der Waals surface area contributed by atoms with Gasteiger partial charge in [-0.05, 0) is 25.0 Å². The Bertz CT molecular complexity index is 382. The van der Waals surface area contributed by atoms with Gasteiger partial charge in [0.2, 0.25) is 0 Å². The third-order valence-corrected chi connectivity index (χ3v) is 4.27. The monoisotopic (exact) mass is 186 g/mol. The highest BCUT2D eigenvalue weighted by molar-refractivity contribution is 6.58. The molecule has 2 rings (SSSR count). The molecule has 66 valence electrons. The van der Waals surface area contributed by atoms with Gasteiger partial charge in [-0.1, -0.05) is 46.8 Å². The SMILES string of the molecule is CC(C)=C[SiH2]c1ccc2c(c1)C=C2. The molecule has 0 unspecified atom stereocenters. The second kappa shape index (κ2) is 3.34. The minimum atomic E-state index is -0.158. The van der Waals surface area contributed by atoms with Crippen LogP contribution >= 0.6 is 0 Å². The lowest BCUT2D eigenvalue weighted by atomic mass is 9.98. The van der Waals surface area contributed by atoms with E-state index in [0.717, 1.165) is 0 Å². The van der Waals surface area contributed by atoms with Gasteiger partial charge in [0.05, 0.1) is 9.52 Å². The lowest BCUT2D eigenvalue weighted by molar-refractivity contribution is 1.41. The molecule has 0 N–H and O–H groups in total. The van der Waals surface area contributed by atoms with Crippen LogP contribution in [0.5, 0.6) is 0 Å². The molecule has 1 aliphatic rings.